The fourth-order valence-corrected chi connectivity index (χ4v) is 3.18. The number of carbonyl (C=O) groups is 1. The van der Waals surface area contributed by atoms with Crippen molar-refractivity contribution in [3.8, 4) is 0 Å². The lowest BCUT2D eigenvalue weighted by Crippen LogP contribution is -2.39. The van der Waals surface area contributed by atoms with Gasteiger partial charge in [0.25, 0.3) is 0 Å². The molecule has 2 N–H and O–H groups in total. The van der Waals surface area contributed by atoms with E-state index in [-0.39, 0.29) is 5.91 Å². The summed E-state index contributed by atoms with van der Waals surface area (Å²) < 4.78 is 0. The molecule has 3 rings (SSSR count). The number of nitrogens with one attached hydrogen (secondary N) is 2. The molecule has 7 nitrogen and oxygen atoms in total. The average molecular weight is 302 g/mol. The topological polar surface area (TPSA) is 90.6 Å². The van der Waals surface area contributed by atoms with Crippen LogP contribution in [0.3, 0.4) is 0 Å². The van der Waals surface area contributed by atoms with Crippen LogP contribution in [0, 0.1) is 13.8 Å². The Balaban J connectivity index is 1.58. The zero-order chi connectivity index (χ0) is 15.5. The molecule has 1 atom stereocenters. The summed E-state index contributed by atoms with van der Waals surface area (Å²) in [7, 11) is 0. The van der Waals surface area contributed by atoms with Gasteiger partial charge in [0.05, 0.1) is 17.6 Å². The summed E-state index contributed by atoms with van der Waals surface area (Å²) in [4.78, 5) is 14.4. The molecule has 0 aliphatic carbocycles. The van der Waals surface area contributed by atoms with E-state index in [9.17, 15) is 4.79 Å². The lowest BCUT2D eigenvalue weighted by atomic mass is 9.95. The minimum absolute atomic E-state index is 0.216. The van der Waals surface area contributed by atoms with E-state index in [0.29, 0.717) is 12.3 Å². The highest BCUT2D eigenvalue weighted by Crippen LogP contribution is 2.25. The summed E-state index contributed by atoms with van der Waals surface area (Å²) in [6.07, 6.45) is 5.13. The van der Waals surface area contributed by atoms with Crippen LogP contribution in [0.2, 0.25) is 0 Å². The Morgan fingerprint density at radius 1 is 1.41 bits per heavy atom. The van der Waals surface area contributed by atoms with Gasteiger partial charge < -0.3 is 4.90 Å². The van der Waals surface area contributed by atoms with Crippen LogP contribution in [0.25, 0.3) is 0 Å². The molecule has 1 fully saturated rings. The molecule has 118 valence electrons. The maximum atomic E-state index is 12.5. The number of aromatic amines is 2. The van der Waals surface area contributed by atoms with E-state index >= 15 is 0 Å². The second kappa shape index (κ2) is 6.29. The van der Waals surface area contributed by atoms with E-state index in [0.717, 1.165) is 49.4 Å². The molecule has 22 heavy (non-hydrogen) atoms. The van der Waals surface area contributed by atoms with Crippen LogP contribution in [0.15, 0.2) is 6.20 Å². The van der Waals surface area contributed by atoms with Gasteiger partial charge in [-0.05, 0) is 38.7 Å². The molecule has 2 aromatic heterocycles. The quantitative estimate of drug-likeness (QED) is 0.895. The van der Waals surface area contributed by atoms with Crippen molar-refractivity contribution in [3.63, 3.8) is 0 Å². The molecule has 1 aliphatic rings. The number of nitrogens with zero attached hydrogens (tertiary/aromatic N) is 4. The zero-order valence-corrected chi connectivity index (χ0v) is 13.1. The van der Waals surface area contributed by atoms with E-state index in [4.69, 9.17) is 0 Å². The number of piperidine rings is 1. The van der Waals surface area contributed by atoms with Crippen LogP contribution in [0.4, 0.5) is 0 Å². The van der Waals surface area contributed by atoms with Crippen LogP contribution in [-0.4, -0.2) is 49.5 Å². The van der Waals surface area contributed by atoms with Crippen molar-refractivity contribution in [2.24, 2.45) is 0 Å². The van der Waals surface area contributed by atoms with Crippen LogP contribution >= 0.6 is 0 Å². The second-order valence-electron chi connectivity index (χ2n) is 5.99. The minimum Gasteiger partial charge on any atom is -0.342 e. The molecule has 7 heteroatoms. The molecule has 1 amide bonds. The van der Waals surface area contributed by atoms with E-state index in [1.54, 1.807) is 6.20 Å². The second-order valence-corrected chi connectivity index (χ2v) is 5.99. The Kier molecular flexibility index (Phi) is 4.22. The van der Waals surface area contributed by atoms with Gasteiger partial charge in [0.1, 0.15) is 0 Å². The number of aromatic nitrogens is 5. The standard InChI is InChI=1S/C15H22N6O/c1-10-13(11(2)18-17-10)5-6-15(22)21-7-3-4-12(9-21)14-8-16-20-19-14/h8,12H,3-7,9H2,1-2H3,(H,17,18)(H,16,19,20). The average Bonchev–Trinajstić information content (AvgIpc) is 3.16. The van der Waals surface area contributed by atoms with Crippen molar-refractivity contribution in [1.82, 2.24) is 30.5 Å². The zero-order valence-electron chi connectivity index (χ0n) is 13.1. The largest absolute Gasteiger partial charge is 0.342 e. The van der Waals surface area contributed by atoms with Gasteiger partial charge in [0, 0.05) is 31.1 Å². The third kappa shape index (κ3) is 3.03. The summed E-state index contributed by atoms with van der Waals surface area (Å²) in [5.41, 5.74) is 4.17. The smallest absolute Gasteiger partial charge is 0.222 e. The van der Waals surface area contributed by atoms with Gasteiger partial charge in [0.15, 0.2) is 0 Å². The molecular formula is C15H22N6O. The molecule has 1 aliphatic heterocycles. The van der Waals surface area contributed by atoms with Crippen molar-refractivity contribution in [2.75, 3.05) is 13.1 Å². The number of hydrogen-bond acceptors (Lipinski definition) is 4. The number of H-pyrrole nitrogens is 2. The third-order valence-corrected chi connectivity index (χ3v) is 4.50. The SMILES string of the molecule is Cc1n[nH]c(C)c1CCC(=O)N1CCCC(c2cn[nH]n2)C1. The van der Waals surface area contributed by atoms with Crippen molar-refractivity contribution >= 4 is 5.91 Å². The van der Waals surface area contributed by atoms with Gasteiger partial charge in [-0.25, -0.2) is 0 Å². The number of aryl methyl sites for hydroxylation is 2. The number of carbonyl (C=O) groups excluding carboxylic acids is 1. The first kappa shape index (κ1) is 14.7. The molecule has 0 spiro atoms. The number of amides is 1. The predicted molar refractivity (Wildman–Crippen MR) is 81.3 cm³/mol. The Morgan fingerprint density at radius 3 is 2.95 bits per heavy atom. The fraction of sp³-hybridized carbons (Fsp3) is 0.600. The van der Waals surface area contributed by atoms with Crippen molar-refractivity contribution in [3.05, 3.63) is 28.8 Å². The first-order chi connectivity index (χ1) is 10.6. The molecule has 1 saturated heterocycles. The summed E-state index contributed by atoms with van der Waals surface area (Å²) in [6.45, 7) is 5.57. The molecule has 1 unspecified atom stereocenters. The van der Waals surface area contributed by atoms with Gasteiger partial charge in [-0.15, -0.1) is 0 Å². The molecule has 0 bridgehead atoms. The first-order valence-electron chi connectivity index (χ1n) is 7.79. The number of hydrogen-bond donors (Lipinski definition) is 2. The number of likely N-dealkylation sites (tertiary alicyclic amines) is 1. The highest BCUT2D eigenvalue weighted by molar-refractivity contribution is 5.76. The Hall–Kier alpha value is -2.18. The van der Waals surface area contributed by atoms with Crippen molar-refractivity contribution < 1.29 is 4.79 Å². The van der Waals surface area contributed by atoms with Crippen LogP contribution in [0.5, 0.6) is 0 Å². The predicted octanol–water partition coefficient (Wildman–Crippen LogP) is 1.48. The molecular weight excluding hydrogens is 280 g/mol. The number of rotatable bonds is 4. The van der Waals surface area contributed by atoms with Gasteiger partial charge in [0.2, 0.25) is 5.91 Å². The van der Waals surface area contributed by atoms with Crippen molar-refractivity contribution in [1.29, 1.82) is 0 Å². The van der Waals surface area contributed by atoms with Gasteiger partial charge in [-0.1, -0.05) is 0 Å². The highest BCUT2D eigenvalue weighted by Gasteiger charge is 2.26. The molecule has 0 saturated carbocycles. The monoisotopic (exact) mass is 302 g/mol. The molecule has 2 aromatic rings. The van der Waals surface area contributed by atoms with E-state index in [2.05, 4.69) is 25.6 Å². The van der Waals surface area contributed by atoms with Gasteiger partial charge in [-0.3, -0.25) is 9.89 Å². The molecule has 0 radical (unpaired) electrons. The van der Waals surface area contributed by atoms with Crippen LogP contribution < -0.4 is 0 Å². The van der Waals surface area contributed by atoms with E-state index < -0.39 is 0 Å². The maximum Gasteiger partial charge on any atom is 0.222 e. The Bertz CT molecular complexity index is 613. The first-order valence-corrected chi connectivity index (χ1v) is 7.79. The normalized spacial score (nSPS) is 18.6. The lowest BCUT2D eigenvalue weighted by Gasteiger charge is -2.32. The molecule has 3 heterocycles. The van der Waals surface area contributed by atoms with Gasteiger partial charge in [-0.2, -0.15) is 20.5 Å². The fourth-order valence-electron chi connectivity index (χ4n) is 3.18. The summed E-state index contributed by atoms with van der Waals surface area (Å²) in [6, 6.07) is 0. The summed E-state index contributed by atoms with van der Waals surface area (Å²) in [5, 5.41) is 17.8. The lowest BCUT2D eigenvalue weighted by molar-refractivity contribution is -0.132. The van der Waals surface area contributed by atoms with Crippen LogP contribution in [-0.2, 0) is 11.2 Å². The Morgan fingerprint density at radius 2 is 2.27 bits per heavy atom. The van der Waals surface area contributed by atoms with E-state index in [1.165, 1.54) is 5.56 Å². The van der Waals surface area contributed by atoms with E-state index in [1.807, 2.05) is 18.7 Å². The summed E-state index contributed by atoms with van der Waals surface area (Å²) >= 11 is 0. The maximum absolute atomic E-state index is 12.5. The third-order valence-electron chi connectivity index (χ3n) is 4.50. The summed E-state index contributed by atoms with van der Waals surface area (Å²) in [5.74, 6) is 0.516. The van der Waals surface area contributed by atoms with Gasteiger partial charge >= 0.3 is 0 Å². The minimum atomic E-state index is 0.216. The highest BCUT2D eigenvalue weighted by atomic mass is 16.2. The molecule has 0 aromatic carbocycles. The Labute approximate surface area is 129 Å². The van der Waals surface area contributed by atoms with Crippen LogP contribution in [0.1, 0.15) is 47.8 Å². The van der Waals surface area contributed by atoms with Crippen molar-refractivity contribution in [2.45, 2.75) is 45.4 Å².